The number of carbonyl (C=O) groups is 1. The SMILES string of the molecule is COc1cnn(C(C)C)c1C(=O)c1ccc(F)c(Cl)c1. The first kappa shape index (κ1) is 14.5. The number of nitrogens with zero attached hydrogens (tertiary/aromatic N) is 2. The van der Waals surface area contributed by atoms with Crippen LogP contribution < -0.4 is 4.74 Å². The molecule has 0 radical (unpaired) electrons. The number of ether oxygens (including phenoxy) is 1. The molecule has 4 nitrogen and oxygen atoms in total. The van der Waals surface area contributed by atoms with Crippen LogP contribution in [0.5, 0.6) is 5.75 Å². The van der Waals surface area contributed by atoms with Gasteiger partial charge in [-0.25, -0.2) is 4.39 Å². The van der Waals surface area contributed by atoms with Gasteiger partial charge in [0.1, 0.15) is 5.82 Å². The Morgan fingerprint density at radius 2 is 2.15 bits per heavy atom. The van der Waals surface area contributed by atoms with Crippen molar-refractivity contribution in [1.82, 2.24) is 9.78 Å². The molecule has 0 amide bonds. The van der Waals surface area contributed by atoms with Gasteiger partial charge in [-0.05, 0) is 32.0 Å². The van der Waals surface area contributed by atoms with E-state index in [1.165, 1.54) is 25.4 Å². The maximum Gasteiger partial charge on any atom is 0.214 e. The fourth-order valence-corrected chi connectivity index (χ4v) is 2.06. The van der Waals surface area contributed by atoms with Gasteiger partial charge in [-0.3, -0.25) is 9.48 Å². The van der Waals surface area contributed by atoms with E-state index in [0.29, 0.717) is 11.4 Å². The van der Waals surface area contributed by atoms with Crippen molar-refractivity contribution < 1.29 is 13.9 Å². The lowest BCUT2D eigenvalue weighted by atomic mass is 10.1. The summed E-state index contributed by atoms with van der Waals surface area (Å²) in [7, 11) is 1.47. The van der Waals surface area contributed by atoms with Crippen LogP contribution in [0.1, 0.15) is 35.9 Å². The number of rotatable bonds is 4. The summed E-state index contributed by atoms with van der Waals surface area (Å²) < 4.78 is 19.9. The molecule has 1 heterocycles. The van der Waals surface area contributed by atoms with Gasteiger partial charge in [0.15, 0.2) is 11.4 Å². The van der Waals surface area contributed by atoms with Crippen molar-refractivity contribution in [2.75, 3.05) is 7.11 Å². The van der Waals surface area contributed by atoms with Crippen molar-refractivity contribution in [2.45, 2.75) is 19.9 Å². The molecule has 0 spiro atoms. The third-order valence-electron chi connectivity index (χ3n) is 2.87. The summed E-state index contributed by atoms with van der Waals surface area (Å²) in [6, 6.07) is 3.85. The summed E-state index contributed by atoms with van der Waals surface area (Å²) in [6.45, 7) is 3.81. The molecule has 2 aromatic rings. The summed E-state index contributed by atoms with van der Waals surface area (Å²) in [6.07, 6.45) is 1.48. The second-order valence-electron chi connectivity index (χ2n) is 4.56. The van der Waals surface area contributed by atoms with Gasteiger partial charge in [-0.15, -0.1) is 0 Å². The molecular weight excluding hydrogens is 283 g/mol. The number of aromatic nitrogens is 2. The van der Waals surface area contributed by atoms with Gasteiger partial charge in [0.05, 0.1) is 18.3 Å². The molecule has 1 aromatic heterocycles. The molecule has 0 fully saturated rings. The Kier molecular flexibility index (Phi) is 4.09. The van der Waals surface area contributed by atoms with Gasteiger partial charge in [0, 0.05) is 11.6 Å². The Balaban J connectivity index is 2.52. The van der Waals surface area contributed by atoms with Gasteiger partial charge in [-0.1, -0.05) is 11.6 Å². The minimum absolute atomic E-state index is 0.00577. The van der Waals surface area contributed by atoms with Crippen LogP contribution in [-0.4, -0.2) is 22.7 Å². The quantitative estimate of drug-likeness (QED) is 0.811. The van der Waals surface area contributed by atoms with E-state index >= 15 is 0 Å². The molecule has 2 rings (SSSR count). The number of benzene rings is 1. The van der Waals surface area contributed by atoms with Crippen LogP contribution in [0.25, 0.3) is 0 Å². The van der Waals surface area contributed by atoms with Gasteiger partial charge >= 0.3 is 0 Å². The molecule has 0 atom stereocenters. The lowest BCUT2D eigenvalue weighted by Gasteiger charge is -2.11. The first-order chi connectivity index (χ1) is 9.45. The Morgan fingerprint density at radius 1 is 1.45 bits per heavy atom. The molecule has 0 saturated heterocycles. The predicted molar refractivity (Wildman–Crippen MR) is 74.0 cm³/mol. The third-order valence-corrected chi connectivity index (χ3v) is 3.16. The molecule has 0 N–H and O–H groups in total. The Bertz CT molecular complexity index is 653. The van der Waals surface area contributed by atoms with E-state index in [2.05, 4.69) is 5.10 Å². The summed E-state index contributed by atoms with van der Waals surface area (Å²) >= 11 is 5.71. The summed E-state index contributed by atoms with van der Waals surface area (Å²) in [5.74, 6) is -0.494. The highest BCUT2D eigenvalue weighted by Gasteiger charge is 2.22. The molecule has 0 aliphatic carbocycles. The second-order valence-corrected chi connectivity index (χ2v) is 4.97. The van der Waals surface area contributed by atoms with E-state index < -0.39 is 5.82 Å². The maximum absolute atomic E-state index is 13.2. The number of carbonyl (C=O) groups excluding carboxylic acids is 1. The monoisotopic (exact) mass is 296 g/mol. The van der Waals surface area contributed by atoms with Gasteiger partial charge < -0.3 is 4.74 Å². The average Bonchev–Trinajstić information content (AvgIpc) is 2.85. The van der Waals surface area contributed by atoms with Crippen LogP contribution >= 0.6 is 11.6 Å². The van der Waals surface area contributed by atoms with Crippen LogP contribution in [-0.2, 0) is 0 Å². The molecule has 0 aliphatic rings. The summed E-state index contributed by atoms with van der Waals surface area (Å²) in [4.78, 5) is 12.6. The van der Waals surface area contributed by atoms with Crippen molar-refractivity contribution in [2.24, 2.45) is 0 Å². The van der Waals surface area contributed by atoms with Crippen molar-refractivity contribution in [3.63, 3.8) is 0 Å². The molecule has 0 bridgehead atoms. The van der Waals surface area contributed by atoms with Crippen molar-refractivity contribution in [3.8, 4) is 5.75 Å². The van der Waals surface area contributed by atoms with Crippen LogP contribution in [0.15, 0.2) is 24.4 Å². The van der Waals surface area contributed by atoms with Crippen LogP contribution in [0.4, 0.5) is 4.39 Å². The highest BCUT2D eigenvalue weighted by atomic mass is 35.5. The molecule has 0 aliphatic heterocycles. The van der Waals surface area contributed by atoms with Gasteiger partial charge in [0.25, 0.3) is 0 Å². The van der Waals surface area contributed by atoms with E-state index in [4.69, 9.17) is 16.3 Å². The fourth-order valence-electron chi connectivity index (χ4n) is 1.88. The van der Waals surface area contributed by atoms with E-state index in [1.807, 2.05) is 13.8 Å². The number of halogens is 2. The largest absolute Gasteiger partial charge is 0.493 e. The molecular formula is C14H14ClFN2O2. The molecule has 20 heavy (non-hydrogen) atoms. The zero-order valence-corrected chi connectivity index (χ0v) is 12.1. The molecule has 0 unspecified atom stereocenters. The highest BCUT2D eigenvalue weighted by molar-refractivity contribution is 6.31. The fraction of sp³-hybridized carbons (Fsp3) is 0.286. The van der Waals surface area contributed by atoms with E-state index in [-0.39, 0.29) is 22.4 Å². The van der Waals surface area contributed by atoms with Crippen molar-refractivity contribution in [1.29, 1.82) is 0 Å². The molecule has 1 aromatic carbocycles. The molecule has 106 valence electrons. The van der Waals surface area contributed by atoms with E-state index in [1.54, 1.807) is 4.68 Å². The predicted octanol–water partition coefficient (Wildman–Crippen LogP) is 3.50. The van der Waals surface area contributed by atoms with Crippen LogP contribution in [0.2, 0.25) is 5.02 Å². The lowest BCUT2D eigenvalue weighted by Crippen LogP contribution is -2.14. The number of methoxy groups -OCH3 is 1. The minimum atomic E-state index is -0.562. The van der Waals surface area contributed by atoms with Crippen LogP contribution in [0.3, 0.4) is 0 Å². The van der Waals surface area contributed by atoms with E-state index in [0.717, 1.165) is 6.07 Å². The maximum atomic E-state index is 13.2. The number of ketones is 1. The van der Waals surface area contributed by atoms with Crippen LogP contribution in [0, 0.1) is 5.82 Å². The third kappa shape index (κ3) is 2.54. The second kappa shape index (κ2) is 5.63. The zero-order valence-electron chi connectivity index (χ0n) is 11.4. The first-order valence-corrected chi connectivity index (χ1v) is 6.44. The number of hydrogen-bond acceptors (Lipinski definition) is 3. The summed E-state index contributed by atoms with van der Waals surface area (Å²) in [5, 5.41) is 4.04. The smallest absolute Gasteiger partial charge is 0.214 e. The minimum Gasteiger partial charge on any atom is -0.493 e. The Morgan fingerprint density at radius 3 is 2.70 bits per heavy atom. The summed E-state index contributed by atoms with van der Waals surface area (Å²) in [5.41, 5.74) is 0.613. The Hall–Kier alpha value is -1.88. The van der Waals surface area contributed by atoms with Gasteiger partial charge in [0.2, 0.25) is 5.78 Å². The highest BCUT2D eigenvalue weighted by Crippen LogP contribution is 2.25. The van der Waals surface area contributed by atoms with Crippen molar-refractivity contribution >= 4 is 17.4 Å². The van der Waals surface area contributed by atoms with Crippen molar-refractivity contribution in [3.05, 3.63) is 46.5 Å². The lowest BCUT2D eigenvalue weighted by molar-refractivity contribution is 0.102. The van der Waals surface area contributed by atoms with E-state index in [9.17, 15) is 9.18 Å². The topological polar surface area (TPSA) is 44.1 Å². The normalized spacial score (nSPS) is 10.9. The van der Waals surface area contributed by atoms with Gasteiger partial charge in [-0.2, -0.15) is 5.10 Å². The molecule has 0 saturated carbocycles. The standard InChI is InChI=1S/C14H14ClFN2O2/c1-8(2)18-13(12(20-3)7-17-18)14(19)9-4-5-11(16)10(15)6-9/h4-8H,1-3H3. The number of hydrogen-bond donors (Lipinski definition) is 0. The first-order valence-electron chi connectivity index (χ1n) is 6.07. The molecule has 6 heteroatoms. The average molecular weight is 297 g/mol. The zero-order chi connectivity index (χ0) is 14.9. The Labute approximate surface area is 121 Å².